The summed E-state index contributed by atoms with van der Waals surface area (Å²) in [5.74, 6) is -1.21. The van der Waals surface area contributed by atoms with Gasteiger partial charge in [0.05, 0.1) is 10.5 Å². The monoisotopic (exact) mass is 340 g/mol. The molecule has 2 N–H and O–H groups in total. The number of hydrogen-bond donors (Lipinski definition) is 2. The Kier molecular flexibility index (Phi) is 4.50. The van der Waals surface area contributed by atoms with E-state index in [1.54, 1.807) is 4.90 Å². The topological polar surface area (TPSA) is 104 Å². The van der Waals surface area contributed by atoms with Crippen LogP contribution < -0.4 is 4.72 Å². The minimum absolute atomic E-state index is 0.0129. The van der Waals surface area contributed by atoms with E-state index in [1.165, 1.54) is 24.3 Å². The number of carboxylic acids is 1. The van der Waals surface area contributed by atoms with Crippen molar-refractivity contribution < 1.29 is 23.1 Å². The zero-order chi connectivity index (χ0) is 17.4. The molecule has 1 heterocycles. The lowest BCUT2D eigenvalue weighted by Gasteiger charge is -2.32. The van der Waals surface area contributed by atoms with E-state index in [0.29, 0.717) is 6.54 Å². The van der Waals surface area contributed by atoms with Gasteiger partial charge in [-0.05, 0) is 45.0 Å². The van der Waals surface area contributed by atoms with E-state index < -0.39 is 22.0 Å². The fourth-order valence-electron chi connectivity index (χ4n) is 2.50. The maximum atomic E-state index is 12.3. The van der Waals surface area contributed by atoms with Gasteiger partial charge in [-0.25, -0.2) is 17.9 Å². The molecule has 2 rings (SSSR count). The second-order valence-corrected chi connectivity index (χ2v) is 8.24. The summed E-state index contributed by atoms with van der Waals surface area (Å²) >= 11 is 0. The minimum atomic E-state index is -3.80. The van der Waals surface area contributed by atoms with Crippen molar-refractivity contribution in [3.63, 3.8) is 0 Å². The lowest BCUT2D eigenvalue weighted by atomic mass is 10.1. The molecular formula is C15H20N2O5S. The minimum Gasteiger partial charge on any atom is -0.478 e. The summed E-state index contributed by atoms with van der Waals surface area (Å²) < 4.78 is 27.2. The van der Waals surface area contributed by atoms with Gasteiger partial charge >= 0.3 is 5.97 Å². The molecule has 1 unspecified atom stereocenters. The van der Waals surface area contributed by atoms with Gasteiger partial charge in [-0.1, -0.05) is 0 Å². The quantitative estimate of drug-likeness (QED) is 0.853. The molecule has 0 bridgehead atoms. The van der Waals surface area contributed by atoms with E-state index in [4.69, 9.17) is 5.11 Å². The van der Waals surface area contributed by atoms with Gasteiger partial charge in [-0.15, -0.1) is 0 Å². The molecule has 1 aromatic rings. The van der Waals surface area contributed by atoms with Gasteiger partial charge in [0.25, 0.3) is 0 Å². The Morgan fingerprint density at radius 1 is 1.26 bits per heavy atom. The lowest BCUT2D eigenvalue weighted by Crippen LogP contribution is -2.44. The highest BCUT2D eigenvalue weighted by Gasteiger charge is 2.37. The SMILES string of the molecule is CC(C)(C)N1CC(NS(=O)(=O)c2ccc(C(=O)O)cc2)CC1=O. The fraction of sp³-hybridized carbons (Fsp3) is 0.467. The third-order valence-electron chi connectivity index (χ3n) is 3.67. The zero-order valence-corrected chi connectivity index (χ0v) is 14.1. The van der Waals surface area contributed by atoms with Crippen LogP contribution in [0.25, 0.3) is 0 Å². The van der Waals surface area contributed by atoms with Crippen LogP contribution in [0.15, 0.2) is 29.2 Å². The maximum absolute atomic E-state index is 12.3. The first-order valence-corrected chi connectivity index (χ1v) is 8.65. The summed E-state index contributed by atoms with van der Waals surface area (Å²) in [6, 6.07) is 4.45. The first-order chi connectivity index (χ1) is 10.5. The number of aromatic carboxylic acids is 1. The molecule has 7 nitrogen and oxygen atoms in total. The normalized spacial score (nSPS) is 19.2. The van der Waals surface area contributed by atoms with E-state index in [2.05, 4.69) is 4.72 Å². The largest absolute Gasteiger partial charge is 0.478 e. The third-order valence-corrected chi connectivity index (χ3v) is 5.20. The van der Waals surface area contributed by atoms with Gasteiger partial charge in [-0.3, -0.25) is 4.79 Å². The number of likely N-dealkylation sites (tertiary alicyclic amines) is 1. The fourth-order valence-corrected chi connectivity index (χ4v) is 3.73. The van der Waals surface area contributed by atoms with Gasteiger partial charge in [-0.2, -0.15) is 0 Å². The molecule has 1 fully saturated rings. The van der Waals surface area contributed by atoms with Crippen LogP contribution in [0.2, 0.25) is 0 Å². The van der Waals surface area contributed by atoms with Crippen molar-refractivity contribution in [3.05, 3.63) is 29.8 Å². The molecule has 0 spiro atoms. The van der Waals surface area contributed by atoms with Crippen molar-refractivity contribution in [2.24, 2.45) is 0 Å². The number of rotatable bonds is 4. The molecule has 1 aromatic carbocycles. The molecule has 1 saturated heterocycles. The number of sulfonamides is 1. The molecule has 1 atom stereocenters. The van der Waals surface area contributed by atoms with Crippen molar-refractivity contribution in [1.29, 1.82) is 0 Å². The first kappa shape index (κ1) is 17.4. The number of hydrogen-bond acceptors (Lipinski definition) is 4. The molecule has 0 aliphatic carbocycles. The predicted octanol–water partition coefficient (Wildman–Crippen LogP) is 1.06. The van der Waals surface area contributed by atoms with Gasteiger partial charge in [0.2, 0.25) is 15.9 Å². The molecule has 23 heavy (non-hydrogen) atoms. The van der Waals surface area contributed by atoms with Crippen LogP contribution in [0.5, 0.6) is 0 Å². The van der Waals surface area contributed by atoms with E-state index in [-0.39, 0.29) is 28.3 Å². The Bertz CT molecular complexity index is 719. The smallest absolute Gasteiger partial charge is 0.335 e. The van der Waals surface area contributed by atoms with Crippen LogP contribution in [-0.2, 0) is 14.8 Å². The van der Waals surface area contributed by atoms with Gasteiger partial charge in [0.15, 0.2) is 0 Å². The zero-order valence-electron chi connectivity index (χ0n) is 13.2. The lowest BCUT2D eigenvalue weighted by molar-refractivity contribution is -0.131. The van der Waals surface area contributed by atoms with Gasteiger partial charge < -0.3 is 10.0 Å². The summed E-state index contributed by atoms with van der Waals surface area (Å²) in [5.41, 5.74) is -0.348. The average molecular weight is 340 g/mol. The Morgan fingerprint density at radius 2 is 1.83 bits per heavy atom. The van der Waals surface area contributed by atoms with E-state index >= 15 is 0 Å². The Labute approximate surface area is 135 Å². The molecule has 0 radical (unpaired) electrons. The van der Waals surface area contributed by atoms with E-state index in [1.807, 2.05) is 20.8 Å². The van der Waals surface area contributed by atoms with Crippen LogP contribution in [0.4, 0.5) is 0 Å². The van der Waals surface area contributed by atoms with Crippen molar-refractivity contribution in [2.75, 3.05) is 6.54 Å². The second kappa shape index (κ2) is 5.93. The van der Waals surface area contributed by atoms with Crippen LogP contribution in [0.3, 0.4) is 0 Å². The highest BCUT2D eigenvalue weighted by molar-refractivity contribution is 7.89. The van der Waals surface area contributed by atoms with Crippen molar-refractivity contribution >= 4 is 21.9 Å². The van der Waals surface area contributed by atoms with Crippen molar-refractivity contribution in [3.8, 4) is 0 Å². The number of nitrogens with one attached hydrogen (secondary N) is 1. The number of carbonyl (C=O) groups is 2. The van der Waals surface area contributed by atoms with Crippen LogP contribution in [0, 0.1) is 0 Å². The summed E-state index contributed by atoms with van der Waals surface area (Å²) in [5, 5.41) is 8.83. The van der Waals surface area contributed by atoms with Crippen LogP contribution in [0.1, 0.15) is 37.6 Å². The molecule has 1 aliphatic heterocycles. The molecule has 1 aliphatic rings. The summed E-state index contributed by atoms with van der Waals surface area (Å²) in [4.78, 5) is 24.4. The molecule has 1 amide bonds. The number of carboxylic acid groups (broad SMARTS) is 1. The highest BCUT2D eigenvalue weighted by Crippen LogP contribution is 2.23. The third kappa shape index (κ3) is 3.89. The number of nitrogens with zero attached hydrogens (tertiary/aromatic N) is 1. The Balaban J connectivity index is 2.13. The van der Waals surface area contributed by atoms with Crippen molar-refractivity contribution in [1.82, 2.24) is 9.62 Å². The Hall–Kier alpha value is -1.93. The molecule has 0 aromatic heterocycles. The molecule has 126 valence electrons. The van der Waals surface area contributed by atoms with Crippen molar-refractivity contribution in [2.45, 2.75) is 43.7 Å². The molecule has 0 saturated carbocycles. The predicted molar refractivity (Wildman–Crippen MR) is 83.6 cm³/mol. The average Bonchev–Trinajstić information content (AvgIpc) is 2.79. The molecular weight excluding hydrogens is 320 g/mol. The van der Waals surface area contributed by atoms with Gasteiger partial charge in [0, 0.05) is 24.5 Å². The van der Waals surface area contributed by atoms with E-state index in [0.717, 1.165) is 0 Å². The standard InChI is InChI=1S/C15H20N2O5S/c1-15(2,3)17-9-11(8-13(17)18)16-23(21,22)12-6-4-10(5-7-12)14(19)20/h4-7,11,16H,8-9H2,1-3H3,(H,19,20). The van der Waals surface area contributed by atoms with E-state index in [9.17, 15) is 18.0 Å². The molecule has 8 heteroatoms. The second-order valence-electron chi connectivity index (χ2n) is 6.53. The van der Waals surface area contributed by atoms with Crippen LogP contribution in [-0.4, -0.2) is 48.4 Å². The number of carbonyl (C=O) groups excluding carboxylic acids is 1. The maximum Gasteiger partial charge on any atom is 0.335 e. The van der Waals surface area contributed by atoms with Gasteiger partial charge in [0.1, 0.15) is 0 Å². The number of amides is 1. The number of benzene rings is 1. The first-order valence-electron chi connectivity index (χ1n) is 7.17. The summed E-state index contributed by atoms with van der Waals surface area (Å²) in [7, 11) is -3.80. The summed E-state index contributed by atoms with van der Waals surface area (Å²) in [6.45, 7) is 6.00. The summed E-state index contributed by atoms with van der Waals surface area (Å²) in [6.07, 6.45) is 0.115. The Morgan fingerprint density at radius 3 is 2.26 bits per heavy atom. The highest BCUT2D eigenvalue weighted by atomic mass is 32.2. The van der Waals surface area contributed by atoms with Crippen LogP contribution >= 0.6 is 0 Å².